The summed E-state index contributed by atoms with van der Waals surface area (Å²) in [4.78, 5) is 105. The second kappa shape index (κ2) is 22.7. The van der Waals surface area contributed by atoms with E-state index in [4.69, 9.17) is 0 Å². The summed E-state index contributed by atoms with van der Waals surface area (Å²) in [6.07, 6.45) is 6.68. The van der Waals surface area contributed by atoms with Crippen LogP contribution in [0.5, 0.6) is 0 Å². The minimum absolute atomic E-state index is 0.00702. The summed E-state index contributed by atoms with van der Waals surface area (Å²) < 4.78 is 0. The predicted molar refractivity (Wildman–Crippen MR) is 251 cm³/mol. The lowest BCUT2D eigenvalue weighted by Crippen LogP contribution is -2.59. The van der Waals surface area contributed by atoms with Crippen LogP contribution in [0.3, 0.4) is 0 Å². The number of H-pyrrole nitrogens is 2. The number of benzene rings is 3. The highest BCUT2D eigenvalue weighted by Gasteiger charge is 2.38. The molecule has 2 aromatic heterocycles. The van der Waals surface area contributed by atoms with Crippen molar-refractivity contribution in [1.82, 2.24) is 46.9 Å². The van der Waals surface area contributed by atoms with E-state index in [1.165, 1.54) is 19.4 Å². The maximum absolute atomic E-state index is 14.6. The van der Waals surface area contributed by atoms with E-state index >= 15 is 0 Å². The third-order valence-electron chi connectivity index (χ3n) is 12.3. The van der Waals surface area contributed by atoms with Gasteiger partial charge in [0.1, 0.15) is 30.2 Å². The number of carboxylic acids is 1. The molecule has 0 fully saturated rings. The molecule has 0 unspecified atom stereocenters. The van der Waals surface area contributed by atoms with Crippen LogP contribution in [0.15, 0.2) is 91.5 Å². The van der Waals surface area contributed by atoms with Gasteiger partial charge in [-0.05, 0) is 65.0 Å². The number of hydrogen-bond acceptors (Lipinski definition) is 8. The number of fused-ring (bicyclic) bond motifs is 3. The molecule has 2 heterocycles. The van der Waals surface area contributed by atoms with Crippen molar-refractivity contribution in [3.63, 3.8) is 0 Å². The zero-order valence-electron chi connectivity index (χ0n) is 38.5. The van der Waals surface area contributed by atoms with E-state index in [9.17, 15) is 38.7 Å². The fourth-order valence-corrected chi connectivity index (χ4v) is 8.71. The van der Waals surface area contributed by atoms with E-state index in [0.29, 0.717) is 17.7 Å². The van der Waals surface area contributed by atoms with Crippen molar-refractivity contribution in [2.24, 2.45) is 11.8 Å². The van der Waals surface area contributed by atoms with Gasteiger partial charge in [-0.3, -0.25) is 28.8 Å². The van der Waals surface area contributed by atoms with Crippen LogP contribution in [0.1, 0.15) is 86.9 Å². The smallest absolute Gasteiger partial charge is 0.326 e. The molecule has 3 aromatic carbocycles. The van der Waals surface area contributed by atoms with Gasteiger partial charge >= 0.3 is 5.97 Å². The summed E-state index contributed by atoms with van der Waals surface area (Å²) in [5, 5.41) is 27.3. The Morgan fingerprint density at radius 3 is 1.96 bits per heavy atom. The number of carbonyl (C=O) groups excluding carboxylic acids is 6. The maximum Gasteiger partial charge on any atom is 0.326 e. The van der Waals surface area contributed by atoms with Crippen LogP contribution >= 0.6 is 0 Å². The maximum atomic E-state index is 14.6. The Balaban J connectivity index is 1.15. The quantitative estimate of drug-likeness (QED) is 0.0523. The van der Waals surface area contributed by atoms with E-state index in [2.05, 4.69) is 46.9 Å². The van der Waals surface area contributed by atoms with Crippen LogP contribution in [0, 0.1) is 11.8 Å². The van der Waals surface area contributed by atoms with Gasteiger partial charge in [0.25, 0.3) is 0 Å². The third kappa shape index (κ3) is 12.7. The van der Waals surface area contributed by atoms with Gasteiger partial charge in [-0.2, -0.15) is 0 Å². The number of rotatable bonds is 21. The highest BCUT2D eigenvalue weighted by atomic mass is 16.4. The number of aliphatic carboxylic acids is 1. The molecule has 354 valence electrons. The lowest BCUT2D eigenvalue weighted by atomic mass is 9.82. The van der Waals surface area contributed by atoms with Crippen molar-refractivity contribution in [2.75, 3.05) is 6.54 Å². The minimum Gasteiger partial charge on any atom is -0.480 e. The molecular formula is C50H61N9O8. The first-order valence-corrected chi connectivity index (χ1v) is 22.8. The van der Waals surface area contributed by atoms with Gasteiger partial charge < -0.3 is 47.0 Å². The van der Waals surface area contributed by atoms with Crippen LogP contribution in [-0.2, 0) is 59.2 Å². The number of imidazole rings is 1. The van der Waals surface area contributed by atoms with E-state index in [1.807, 2.05) is 93.6 Å². The molecule has 5 aromatic rings. The molecular weight excluding hydrogens is 855 g/mol. The number of nitrogens with zero attached hydrogens (tertiary/aromatic N) is 1. The van der Waals surface area contributed by atoms with E-state index in [-0.39, 0.29) is 25.2 Å². The molecule has 67 heavy (non-hydrogen) atoms. The topological polar surface area (TPSA) is 256 Å². The minimum atomic E-state index is -1.30. The van der Waals surface area contributed by atoms with Gasteiger partial charge in [-0.25, -0.2) is 9.78 Å². The molecule has 17 heteroatoms. The third-order valence-corrected chi connectivity index (χ3v) is 12.3. The zero-order chi connectivity index (χ0) is 48.2. The van der Waals surface area contributed by atoms with Crippen LogP contribution in [0.25, 0.3) is 10.9 Å². The molecule has 0 aliphatic heterocycles. The molecule has 9 N–H and O–H groups in total. The van der Waals surface area contributed by atoms with E-state index in [1.54, 1.807) is 13.1 Å². The molecule has 0 bridgehead atoms. The van der Waals surface area contributed by atoms with Crippen LogP contribution in [0.2, 0.25) is 0 Å². The Hall–Kier alpha value is -7.30. The number of nitrogens with one attached hydrogen (secondary N) is 8. The number of hydrogen-bond donors (Lipinski definition) is 9. The van der Waals surface area contributed by atoms with Crippen molar-refractivity contribution in [2.45, 2.75) is 109 Å². The summed E-state index contributed by atoms with van der Waals surface area (Å²) in [5.41, 5.74) is 5.91. The first kappa shape index (κ1) is 49.1. The van der Waals surface area contributed by atoms with Gasteiger partial charge in [0, 0.05) is 54.7 Å². The summed E-state index contributed by atoms with van der Waals surface area (Å²) in [5.74, 6) is -6.14. The molecule has 1 aliphatic rings. The van der Waals surface area contributed by atoms with E-state index in [0.717, 1.165) is 46.0 Å². The Morgan fingerprint density at radius 1 is 0.716 bits per heavy atom. The number of carbonyl (C=O) groups is 7. The van der Waals surface area contributed by atoms with Crippen molar-refractivity contribution in [1.29, 1.82) is 0 Å². The normalized spacial score (nSPS) is 15.0. The fourth-order valence-electron chi connectivity index (χ4n) is 8.71. The van der Waals surface area contributed by atoms with Crippen molar-refractivity contribution in [3.05, 3.63) is 125 Å². The average Bonchev–Trinajstić information content (AvgIpc) is 3.94. The highest BCUT2D eigenvalue weighted by molar-refractivity contribution is 5.96. The number of aryl methyl sites for hydroxylation is 2. The molecule has 0 spiro atoms. The average molecular weight is 916 g/mol. The second-order valence-electron chi connectivity index (χ2n) is 17.7. The first-order valence-electron chi connectivity index (χ1n) is 22.8. The Labute approximate surface area is 389 Å². The van der Waals surface area contributed by atoms with Crippen molar-refractivity contribution in [3.8, 4) is 0 Å². The lowest BCUT2D eigenvalue weighted by Gasteiger charge is -2.31. The molecule has 0 saturated heterocycles. The predicted octanol–water partition coefficient (Wildman–Crippen LogP) is 3.34. The van der Waals surface area contributed by atoms with Gasteiger partial charge in [-0.15, -0.1) is 0 Å². The Kier molecular flexibility index (Phi) is 16.7. The van der Waals surface area contributed by atoms with Gasteiger partial charge in [0.15, 0.2) is 0 Å². The summed E-state index contributed by atoms with van der Waals surface area (Å²) in [7, 11) is 0. The zero-order valence-corrected chi connectivity index (χ0v) is 38.5. The van der Waals surface area contributed by atoms with Crippen LogP contribution in [-0.4, -0.2) is 98.2 Å². The molecule has 1 aliphatic carbocycles. The molecule has 0 saturated carbocycles. The van der Waals surface area contributed by atoms with Gasteiger partial charge in [-0.1, -0.05) is 101 Å². The lowest BCUT2D eigenvalue weighted by molar-refractivity contribution is -0.142. The Morgan fingerprint density at radius 2 is 1.34 bits per heavy atom. The standard InChI is InChI=1S/C50H61N9O8/c1-6-29(4)44(48(64)58-41(50(66)67)22-33-24-52-38-18-12-11-15-35(33)38)59-42(61)26-53-46(62)40(23-34-25-51-27-54-34)56-47(63)39(21-28(2)3)57-49(65)45(55-30(5)60)43-36-16-9-7-13-31(36)19-20-32-14-8-10-17-37(32)43/h7-18,24-25,27-29,39-41,43-45,52H,6,19-23,26H2,1-5H3,(H,51,54)(H,53,62)(H,55,60)(H,56,63)(H,57,65)(H,58,64)(H,59,61)(H,66,67)/t29-,39-,40-,41-,44-,45+/m0/s1. The number of amides is 6. The van der Waals surface area contributed by atoms with E-state index < -0.39 is 90.0 Å². The van der Waals surface area contributed by atoms with Crippen LogP contribution in [0.4, 0.5) is 0 Å². The molecule has 17 nitrogen and oxygen atoms in total. The van der Waals surface area contributed by atoms with Gasteiger partial charge in [0.05, 0.1) is 12.9 Å². The molecule has 6 atom stereocenters. The fraction of sp³-hybridized carbons (Fsp3) is 0.400. The first-order chi connectivity index (χ1) is 32.1. The number of para-hydroxylation sites is 1. The van der Waals surface area contributed by atoms with Crippen molar-refractivity contribution >= 4 is 52.3 Å². The largest absolute Gasteiger partial charge is 0.480 e. The highest BCUT2D eigenvalue weighted by Crippen LogP contribution is 2.37. The number of aromatic amines is 2. The number of aromatic nitrogens is 3. The summed E-state index contributed by atoms with van der Waals surface area (Å²) in [6, 6.07) is 17.1. The molecule has 6 amide bonds. The van der Waals surface area contributed by atoms with Crippen molar-refractivity contribution < 1.29 is 38.7 Å². The second-order valence-corrected chi connectivity index (χ2v) is 17.7. The molecule has 0 radical (unpaired) electrons. The van der Waals surface area contributed by atoms with Crippen LogP contribution < -0.4 is 31.9 Å². The summed E-state index contributed by atoms with van der Waals surface area (Å²) in [6.45, 7) is 8.11. The Bertz CT molecular complexity index is 2510. The monoisotopic (exact) mass is 915 g/mol. The van der Waals surface area contributed by atoms with Gasteiger partial charge in [0.2, 0.25) is 35.4 Å². The molecule has 6 rings (SSSR count). The SMILES string of the molecule is CC[C@H](C)[C@H](NC(=O)CNC(=O)[C@H](Cc1cnc[nH]1)NC(=O)[C@H](CC(C)C)NC(=O)[C@H](NC(C)=O)C1c2ccccc2CCc2ccccc21)C(=O)N[C@@H](Cc1c[nH]c2ccccc12)C(=O)O. The number of carboxylic acid groups (broad SMARTS) is 1. The summed E-state index contributed by atoms with van der Waals surface area (Å²) >= 11 is 0.